The summed E-state index contributed by atoms with van der Waals surface area (Å²) in [6.07, 6.45) is 3.17. The van der Waals surface area contributed by atoms with E-state index in [-0.39, 0.29) is 11.9 Å². The molecule has 1 amide bonds. The van der Waals surface area contributed by atoms with Gasteiger partial charge in [-0.2, -0.15) is 0 Å². The zero-order valence-electron chi connectivity index (χ0n) is 12.5. The van der Waals surface area contributed by atoms with E-state index in [4.69, 9.17) is 14.2 Å². The minimum absolute atomic E-state index is 0.104. The summed E-state index contributed by atoms with van der Waals surface area (Å²) in [6.45, 7) is 3.82. The van der Waals surface area contributed by atoms with Crippen molar-refractivity contribution >= 4 is 12.0 Å². The Morgan fingerprint density at radius 3 is 2.05 bits per heavy atom. The van der Waals surface area contributed by atoms with E-state index in [1.165, 1.54) is 6.08 Å². The maximum atomic E-state index is 11.6. The summed E-state index contributed by atoms with van der Waals surface area (Å²) >= 11 is 0. The van der Waals surface area contributed by atoms with Crippen LogP contribution in [0.3, 0.4) is 0 Å². The Kier molecular flexibility index (Phi) is 5.90. The molecule has 1 rings (SSSR count). The van der Waals surface area contributed by atoms with Gasteiger partial charge in [0.2, 0.25) is 11.7 Å². The zero-order chi connectivity index (χ0) is 15.1. The van der Waals surface area contributed by atoms with Gasteiger partial charge >= 0.3 is 0 Å². The number of hydrogen-bond donors (Lipinski definition) is 1. The van der Waals surface area contributed by atoms with Gasteiger partial charge in [-0.1, -0.05) is 0 Å². The number of methoxy groups -OCH3 is 3. The van der Waals surface area contributed by atoms with E-state index in [2.05, 4.69) is 5.32 Å². The first-order chi connectivity index (χ1) is 9.51. The standard InChI is InChI=1S/C15H21NO4/c1-10(2)16-14(17)7-6-11-8-12(18-3)15(20-5)13(9-11)19-4/h6-10H,1-5H3,(H,16,17)/b7-6+. The van der Waals surface area contributed by atoms with E-state index in [0.29, 0.717) is 17.2 Å². The summed E-state index contributed by atoms with van der Waals surface area (Å²) in [4.78, 5) is 11.6. The average molecular weight is 279 g/mol. The van der Waals surface area contributed by atoms with Crippen LogP contribution in [0, 0.1) is 0 Å². The highest BCUT2D eigenvalue weighted by molar-refractivity contribution is 5.92. The molecule has 0 unspecified atom stereocenters. The third-order valence-electron chi connectivity index (χ3n) is 2.55. The summed E-state index contributed by atoms with van der Waals surface area (Å²) in [5, 5.41) is 2.78. The Hall–Kier alpha value is -2.17. The molecule has 0 atom stereocenters. The van der Waals surface area contributed by atoms with Gasteiger partial charge in [0.15, 0.2) is 11.5 Å². The van der Waals surface area contributed by atoms with Crippen LogP contribution in [0.1, 0.15) is 19.4 Å². The van der Waals surface area contributed by atoms with Crippen LogP contribution in [-0.2, 0) is 4.79 Å². The SMILES string of the molecule is COc1cc(/C=C/C(=O)NC(C)C)cc(OC)c1OC. The Bertz CT molecular complexity index is 470. The predicted octanol–water partition coefficient (Wildman–Crippen LogP) is 2.25. The normalized spacial score (nSPS) is 10.7. The lowest BCUT2D eigenvalue weighted by Gasteiger charge is -2.12. The van der Waals surface area contributed by atoms with Crippen LogP contribution in [0.5, 0.6) is 17.2 Å². The van der Waals surface area contributed by atoms with Crippen molar-refractivity contribution in [2.75, 3.05) is 21.3 Å². The van der Waals surface area contributed by atoms with E-state index >= 15 is 0 Å². The van der Waals surface area contributed by atoms with Crippen LogP contribution in [0.15, 0.2) is 18.2 Å². The topological polar surface area (TPSA) is 56.8 Å². The van der Waals surface area contributed by atoms with Gasteiger partial charge in [-0.15, -0.1) is 0 Å². The Morgan fingerprint density at radius 2 is 1.65 bits per heavy atom. The third kappa shape index (κ3) is 4.19. The number of carbonyl (C=O) groups is 1. The molecule has 0 fully saturated rings. The largest absolute Gasteiger partial charge is 0.493 e. The highest BCUT2D eigenvalue weighted by atomic mass is 16.5. The predicted molar refractivity (Wildman–Crippen MR) is 78.4 cm³/mol. The maximum absolute atomic E-state index is 11.6. The van der Waals surface area contributed by atoms with Crippen molar-refractivity contribution in [3.63, 3.8) is 0 Å². The van der Waals surface area contributed by atoms with Gasteiger partial charge in [0.05, 0.1) is 21.3 Å². The van der Waals surface area contributed by atoms with Crippen molar-refractivity contribution in [2.45, 2.75) is 19.9 Å². The lowest BCUT2D eigenvalue weighted by atomic mass is 10.1. The number of amides is 1. The van der Waals surface area contributed by atoms with Gasteiger partial charge in [0, 0.05) is 12.1 Å². The zero-order valence-corrected chi connectivity index (χ0v) is 12.5. The van der Waals surface area contributed by atoms with Gasteiger partial charge in [0.25, 0.3) is 0 Å². The minimum Gasteiger partial charge on any atom is -0.493 e. The summed E-state index contributed by atoms with van der Waals surface area (Å²) in [7, 11) is 4.65. The van der Waals surface area contributed by atoms with E-state index in [1.54, 1.807) is 39.5 Å². The van der Waals surface area contributed by atoms with Crippen molar-refractivity contribution in [1.29, 1.82) is 0 Å². The molecule has 0 aliphatic rings. The monoisotopic (exact) mass is 279 g/mol. The third-order valence-corrected chi connectivity index (χ3v) is 2.55. The molecule has 0 saturated heterocycles. The van der Waals surface area contributed by atoms with Crippen LogP contribution in [0.25, 0.3) is 6.08 Å². The number of rotatable bonds is 6. The number of nitrogens with one attached hydrogen (secondary N) is 1. The van der Waals surface area contributed by atoms with Crippen molar-refractivity contribution in [3.8, 4) is 17.2 Å². The molecule has 0 heterocycles. The number of ether oxygens (including phenoxy) is 3. The van der Waals surface area contributed by atoms with Crippen LogP contribution < -0.4 is 19.5 Å². The summed E-state index contributed by atoms with van der Waals surface area (Å²) in [6, 6.07) is 3.66. The van der Waals surface area contributed by atoms with Gasteiger partial charge in [-0.25, -0.2) is 0 Å². The van der Waals surface area contributed by atoms with Crippen LogP contribution in [0.2, 0.25) is 0 Å². The van der Waals surface area contributed by atoms with Crippen LogP contribution >= 0.6 is 0 Å². The average Bonchev–Trinajstić information content (AvgIpc) is 2.42. The molecule has 1 N–H and O–H groups in total. The van der Waals surface area contributed by atoms with Crippen molar-refractivity contribution in [2.24, 2.45) is 0 Å². The van der Waals surface area contributed by atoms with Crippen LogP contribution in [0.4, 0.5) is 0 Å². The van der Waals surface area contributed by atoms with E-state index < -0.39 is 0 Å². The Balaban J connectivity index is 3.02. The molecule has 0 aliphatic carbocycles. The molecule has 5 nitrogen and oxygen atoms in total. The van der Waals surface area contributed by atoms with Crippen molar-refractivity contribution in [1.82, 2.24) is 5.32 Å². The van der Waals surface area contributed by atoms with E-state index in [9.17, 15) is 4.79 Å². The lowest BCUT2D eigenvalue weighted by molar-refractivity contribution is -0.116. The Morgan fingerprint density at radius 1 is 1.10 bits per heavy atom. The first-order valence-corrected chi connectivity index (χ1v) is 6.30. The number of carbonyl (C=O) groups excluding carboxylic acids is 1. The van der Waals surface area contributed by atoms with Gasteiger partial charge in [-0.05, 0) is 37.6 Å². The molecule has 0 saturated carbocycles. The van der Waals surface area contributed by atoms with Gasteiger partial charge in [0.1, 0.15) is 0 Å². The van der Waals surface area contributed by atoms with Gasteiger partial charge < -0.3 is 19.5 Å². The van der Waals surface area contributed by atoms with Crippen LogP contribution in [-0.4, -0.2) is 33.3 Å². The highest BCUT2D eigenvalue weighted by Crippen LogP contribution is 2.38. The fraction of sp³-hybridized carbons (Fsp3) is 0.400. The van der Waals surface area contributed by atoms with E-state index in [0.717, 1.165) is 5.56 Å². The van der Waals surface area contributed by atoms with Crippen molar-refractivity contribution < 1.29 is 19.0 Å². The Labute approximate surface area is 119 Å². The minimum atomic E-state index is -0.145. The molecular weight excluding hydrogens is 258 g/mol. The molecule has 1 aromatic carbocycles. The molecule has 0 radical (unpaired) electrons. The second-order valence-electron chi connectivity index (χ2n) is 4.46. The molecular formula is C15H21NO4. The molecule has 5 heteroatoms. The fourth-order valence-electron chi connectivity index (χ4n) is 1.70. The molecule has 0 aromatic heterocycles. The summed E-state index contributed by atoms with van der Waals surface area (Å²) in [5.41, 5.74) is 0.790. The fourth-order valence-corrected chi connectivity index (χ4v) is 1.70. The molecule has 1 aromatic rings. The summed E-state index contributed by atoms with van der Waals surface area (Å²) < 4.78 is 15.7. The summed E-state index contributed by atoms with van der Waals surface area (Å²) in [5.74, 6) is 1.49. The highest BCUT2D eigenvalue weighted by Gasteiger charge is 2.12. The maximum Gasteiger partial charge on any atom is 0.244 e. The quantitative estimate of drug-likeness (QED) is 0.811. The number of benzene rings is 1. The first-order valence-electron chi connectivity index (χ1n) is 6.30. The second kappa shape index (κ2) is 7.43. The lowest BCUT2D eigenvalue weighted by Crippen LogP contribution is -2.28. The van der Waals surface area contributed by atoms with Gasteiger partial charge in [-0.3, -0.25) is 4.79 Å². The smallest absolute Gasteiger partial charge is 0.244 e. The molecule has 110 valence electrons. The number of hydrogen-bond acceptors (Lipinski definition) is 4. The molecule has 0 aliphatic heterocycles. The first kappa shape index (κ1) is 15.9. The molecule has 0 spiro atoms. The van der Waals surface area contributed by atoms with E-state index in [1.807, 2.05) is 13.8 Å². The second-order valence-corrected chi connectivity index (χ2v) is 4.46. The molecule has 0 bridgehead atoms. The molecule has 20 heavy (non-hydrogen) atoms. The van der Waals surface area contributed by atoms with Crippen molar-refractivity contribution in [3.05, 3.63) is 23.8 Å².